The molecule has 0 spiro atoms. The third-order valence-corrected chi connectivity index (χ3v) is 7.87. The number of esters is 1. The maximum absolute atomic E-state index is 13.6. The maximum atomic E-state index is 13.6. The highest BCUT2D eigenvalue weighted by Crippen LogP contribution is 2.52. The number of methoxy groups -OCH3 is 1. The Labute approximate surface area is 207 Å². The van der Waals surface area contributed by atoms with Crippen LogP contribution in [0.3, 0.4) is 0 Å². The van der Waals surface area contributed by atoms with E-state index in [0.717, 1.165) is 22.4 Å². The van der Waals surface area contributed by atoms with Crippen molar-refractivity contribution in [2.45, 2.75) is 84.0 Å². The van der Waals surface area contributed by atoms with Gasteiger partial charge in [-0.3, -0.25) is 0 Å². The number of carbonyl (C=O) groups excluding carboxylic acids is 1. The molecule has 3 rings (SSSR count). The molecule has 1 aliphatic heterocycles. The highest BCUT2D eigenvalue weighted by molar-refractivity contribution is 6.71. The first kappa shape index (κ1) is 26.8. The van der Waals surface area contributed by atoms with Gasteiger partial charge < -0.3 is 22.8 Å². The Hall–Kier alpha value is -1.82. The number of allylic oxidation sites excluding steroid dienone is 1. The monoisotopic (exact) mass is 520 g/mol. The quantitative estimate of drug-likeness (QED) is 0.240. The zero-order chi connectivity index (χ0) is 25.7. The number of aryl methyl sites for hydroxylation is 1. The van der Waals surface area contributed by atoms with Gasteiger partial charge >= 0.3 is 5.97 Å². The van der Waals surface area contributed by atoms with Crippen molar-refractivity contribution in [2.24, 2.45) is 0 Å². The van der Waals surface area contributed by atoms with Gasteiger partial charge in [-0.25, -0.2) is 4.79 Å². The molecule has 1 aromatic carbocycles. The van der Waals surface area contributed by atoms with Gasteiger partial charge in [0.2, 0.25) is 16.6 Å². The molecule has 0 saturated heterocycles. The van der Waals surface area contributed by atoms with Crippen molar-refractivity contribution in [1.29, 1.82) is 0 Å². The van der Waals surface area contributed by atoms with Gasteiger partial charge in [-0.05, 0) is 90.0 Å². The lowest BCUT2D eigenvalue weighted by Gasteiger charge is -2.47. The molecule has 0 fully saturated rings. The van der Waals surface area contributed by atoms with Crippen LogP contribution in [0, 0.1) is 6.92 Å². The van der Waals surface area contributed by atoms with E-state index in [1.165, 1.54) is 7.11 Å². The molecule has 9 heteroatoms. The minimum absolute atomic E-state index is 0.480. The van der Waals surface area contributed by atoms with E-state index in [0.29, 0.717) is 17.9 Å². The van der Waals surface area contributed by atoms with Crippen molar-refractivity contribution in [2.75, 3.05) is 7.11 Å². The molecule has 2 atom stereocenters. The van der Waals surface area contributed by atoms with Crippen LogP contribution in [-0.4, -0.2) is 49.7 Å². The SMILES string of the molecule is COC(=O)[C@]12Oc3cc(C)cc(O[Si](C)(C)C)c3C(O[Si](C)(C)C)=C1CC=C[C@H]2O[Si](C)(C)C. The maximum Gasteiger partial charge on any atom is 0.357 e. The Balaban J connectivity index is 2.39. The van der Waals surface area contributed by atoms with Crippen molar-refractivity contribution < 1.29 is 27.5 Å². The van der Waals surface area contributed by atoms with E-state index in [1.807, 2.05) is 31.2 Å². The molecule has 0 N–H and O–H groups in total. The second-order valence-corrected chi connectivity index (χ2v) is 25.3. The van der Waals surface area contributed by atoms with E-state index in [-0.39, 0.29) is 0 Å². The topological polar surface area (TPSA) is 63.2 Å². The summed E-state index contributed by atoms with van der Waals surface area (Å²) < 4.78 is 31.9. The van der Waals surface area contributed by atoms with Crippen LogP contribution in [-0.2, 0) is 18.4 Å². The Morgan fingerprint density at radius 1 is 0.971 bits per heavy atom. The second-order valence-electron chi connectivity index (χ2n) is 12.0. The molecule has 0 radical (unpaired) electrons. The van der Waals surface area contributed by atoms with Crippen LogP contribution < -0.4 is 9.16 Å². The lowest BCUT2D eigenvalue weighted by molar-refractivity contribution is -0.162. The fraction of sp³-hybridized carbons (Fsp3) is 0.560. The van der Waals surface area contributed by atoms with Crippen LogP contribution in [0.25, 0.3) is 5.76 Å². The summed E-state index contributed by atoms with van der Waals surface area (Å²) in [5.41, 5.74) is 1.06. The van der Waals surface area contributed by atoms with E-state index in [1.54, 1.807) is 0 Å². The molecule has 0 bridgehead atoms. The summed E-state index contributed by atoms with van der Waals surface area (Å²) in [6.07, 6.45) is 3.85. The molecule has 188 valence electrons. The number of carbonyl (C=O) groups is 1. The highest BCUT2D eigenvalue weighted by Gasteiger charge is 2.59. The van der Waals surface area contributed by atoms with Gasteiger partial charge in [-0.15, -0.1) is 0 Å². The zero-order valence-electron chi connectivity index (χ0n) is 22.5. The van der Waals surface area contributed by atoms with Gasteiger partial charge in [0, 0.05) is 5.57 Å². The van der Waals surface area contributed by atoms with Gasteiger partial charge in [0.1, 0.15) is 23.4 Å². The van der Waals surface area contributed by atoms with Crippen molar-refractivity contribution in [3.63, 3.8) is 0 Å². The Kier molecular flexibility index (Phi) is 7.09. The van der Waals surface area contributed by atoms with Crippen molar-refractivity contribution >= 4 is 36.7 Å². The largest absolute Gasteiger partial charge is 0.544 e. The average Bonchev–Trinajstić information content (AvgIpc) is 2.63. The van der Waals surface area contributed by atoms with Crippen LogP contribution >= 0.6 is 0 Å². The van der Waals surface area contributed by atoms with Gasteiger partial charge in [0.05, 0.1) is 12.7 Å². The number of rotatable bonds is 7. The summed E-state index contributed by atoms with van der Waals surface area (Å²) in [6, 6.07) is 3.99. The summed E-state index contributed by atoms with van der Waals surface area (Å²) in [5.74, 6) is 1.50. The van der Waals surface area contributed by atoms with Crippen molar-refractivity contribution in [3.8, 4) is 11.5 Å². The summed E-state index contributed by atoms with van der Waals surface area (Å²) >= 11 is 0. The molecule has 1 aromatic rings. The first-order valence-corrected chi connectivity index (χ1v) is 22.1. The summed E-state index contributed by atoms with van der Waals surface area (Å²) in [4.78, 5) is 13.6. The zero-order valence-corrected chi connectivity index (χ0v) is 25.5. The predicted octanol–water partition coefficient (Wildman–Crippen LogP) is 6.26. The number of fused-ring (bicyclic) bond motifs is 2. The summed E-state index contributed by atoms with van der Waals surface area (Å²) in [7, 11) is -4.71. The molecule has 0 saturated carbocycles. The summed E-state index contributed by atoms with van der Waals surface area (Å²) in [6.45, 7) is 21.2. The van der Waals surface area contributed by atoms with Crippen molar-refractivity contribution in [1.82, 2.24) is 0 Å². The molecule has 1 heterocycles. The molecular weight excluding hydrogens is 481 g/mol. The fourth-order valence-electron chi connectivity index (χ4n) is 4.26. The summed E-state index contributed by atoms with van der Waals surface area (Å²) in [5, 5.41) is 0. The van der Waals surface area contributed by atoms with Crippen LogP contribution in [0.2, 0.25) is 58.9 Å². The fourth-order valence-corrected chi connectivity index (χ4v) is 6.93. The Bertz CT molecular complexity index is 1030. The number of hydrogen-bond donors (Lipinski definition) is 0. The van der Waals surface area contributed by atoms with E-state index in [2.05, 4.69) is 58.9 Å². The van der Waals surface area contributed by atoms with Crippen molar-refractivity contribution in [3.05, 3.63) is 41.0 Å². The molecule has 6 nitrogen and oxygen atoms in total. The van der Waals surface area contributed by atoms with Crippen LogP contribution in [0.5, 0.6) is 11.5 Å². The average molecular weight is 521 g/mol. The minimum Gasteiger partial charge on any atom is -0.544 e. The smallest absolute Gasteiger partial charge is 0.357 e. The highest BCUT2D eigenvalue weighted by atomic mass is 28.4. The standard InChI is InChI=1S/C25H40O6Si3/c1-17-15-19-22(20(16-17)29-32(3,4)5)23(31-34(9,10)11)18-13-12-14-21(30-33(6,7)8)25(18,28-19)24(26)27-2/h12,14-16,21H,13H2,1-11H3/t21-,25+/m1/s1. The lowest BCUT2D eigenvalue weighted by atomic mass is 9.77. The van der Waals surface area contributed by atoms with E-state index >= 15 is 0 Å². The molecule has 2 aliphatic rings. The van der Waals surface area contributed by atoms with Crippen LogP contribution in [0.4, 0.5) is 0 Å². The lowest BCUT2D eigenvalue weighted by Crippen LogP contribution is -2.61. The number of ether oxygens (including phenoxy) is 2. The molecular formula is C25H40O6Si3. The number of hydrogen-bond acceptors (Lipinski definition) is 6. The third-order valence-electron chi connectivity index (χ3n) is 5.26. The minimum atomic E-state index is -2.10. The molecule has 0 unspecified atom stereocenters. The first-order valence-electron chi connectivity index (χ1n) is 11.9. The number of benzene rings is 1. The molecule has 34 heavy (non-hydrogen) atoms. The normalized spacial score (nSPS) is 22.5. The van der Waals surface area contributed by atoms with Gasteiger partial charge in [0.25, 0.3) is 5.60 Å². The first-order chi connectivity index (χ1) is 15.5. The molecule has 0 amide bonds. The molecule has 0 aromatic heterocycles. The van der Waals surface area contributed by atoms with Gasteiger partial charge in [-0.1, -0.05) is 12.2 Å². The molecule has 1 aliphatic carbocycles. The van der Waals surface area contributed by atoms with E-state index in [9.17, 15) is 4.79 Å². The third kappa shape index (κ3) is 5.53. The predicted molar refractivity (Wildman–Crippen MR) is 144 cm³/mol. The Morgan fingerprint density at radius 2 is 1.59 bits per heavy atom. The van der Waals surface area contributed by atoms with Gasteiger partial charge in [0.15, 0.2) is 8.32 Å². The van der Waals surface area contributed by atoms with Gasteiger partial charge in [-0.2, -0.15) is 0 Å². The van der Waals surface area contributed by atoms with E-state index < -0.39 is 42.6 Å². The van der Waals surface area contributed by atoms with Crippen LogP contribution in [0.1, 0.15) is 17.5 Å². The Morgan fingerprint density at radius 3 is 2.12 bits per heavy atom. The van der Waals surface area contributed by atoms with E-state index in [4.69, 9.17) is 22.8 Å². The second kappa shape index (κ2) is 9.00. The van der Waals surface area contributed by atoms with Crippen LogP contribution in [0.15, 0.2) is 29.9 Å².